The predicted molar refractivity (Wildman–Crippen MR) is 304 cm³/mol. The first-order chi connectivity index (χ1) is 38.1. The summed E-state index contributed by atoms with van der Waals surface area (Å²) in [6.45, 7) is 16.8. The number of piperidine rings is 1. The molecule has 79 heavy (non-hydrogen) atoms. The highest BCUT2D eigenvalue weighted by molar-refractivity contribution is 7.13. The number of anilines is 3. The molecule has 1 saturated carbocycles. The maximum Gasteiger partial charge on any atom is 0.254 e. The van der Waals surface area contributed by atoms with Gasteiger partial charge in [0.25, 0.3) is 5.88 Å². The summed E-state index contributed by atoms with van der Waals surface area (Å²) in [5, 5.41) is 37.2. The number of phenols is 1. The van der Waals surface area contributed by atoms with Gasteiger partial charge in [-0.15, -0.1) is 21.5 Å². The van der Waals surface area contributed by atoms with E-state index >= 15 is 0 Å². The van der Waals surface area contributed by atoms with Crippen LogP contribution in [0.4, 0.5) is 17.2 Å². The number of pyridine rings is 1. The van der Waals surface area contributed by atoms with E-state index in [1.54, 1.807) is 29.5 Å². The Hall–Kier alpha value is -6.83. The number of carbonyl (C=O) groups excluding carboxylic acids is 2. The van der Waals surface area contributed by atoms with Crippen LogP contribution in [0.25, 0.3) is 21.7 Å². The lowest BCUT2D eigenvalue weighted by molar-refractivity contribution is -0.141. The monoisotopic (exact) mass is 1090 g/mol. The van der Waals surface area contributed by atoms with Gasteiger partial charge in [0.15, 0.2) is 11.6 Å². The van der Waals surface area contributed by atoms with Gasteiger partial charge in [-0.25, -0.2) is 9.97 Å². The van der Waals surface area contributed by atoms with E-state index in [1.165, 1.54) is 4.90 Å². The van der Waals surface area contributed by atoms with E-state index in [-0.39, 0.29) is 48.6 Å². The van der Waals surface area contributed by atoms with E-state index in [4.69, 9.17) is 19.7 Å². The quantitative estimate of drug-likeness (QED) is 0.0632. The van der Waals surface area contributed by atoms with Gasteiger partial charge in [-0.1, -0.05) is 57.2 Å². The van der Waals surface area contributed by atoms with Gasteiger partial charge >= 0.3 is 0 Å². The third-order valence-corrected chi connectivity index (χ3v) is 18.8. The van der Waals surface area contributed by atoms with Crippen LogP contribution < -0.4 is 30.3 Å². The zero-order valence-electron chi connectivity index (χ0n) is 46.1. The number of nitrogens with two attached hydrogens (primary N) is 1. The molecule has 4 aromatic heterocycles. The summed E-state index contributed by atoms with van der Waals surface area (Å²) in [5.74, 6) is 2.04. The number of hydrogen-bond donors (Lipinski definition) is 4. The first-order valence-corrected chi connectivity index (χ1v) is 29.2. The molecule has 2 aromatic carbocycles. The second-order valence-electron chi connectivity index (χ2n) is 23.2. The number of fused-ring (bicyclic) bond motifs is 2. The summed E-state index contributed by atoms with van der Waals surface area (Å²) in [4.78, 5) is 47.3. The fourth-order valence-corrected chi connectivity index (χ4v) is 14.0. The molecule has 4 saturated heterocycles. The van der Waals surface area contributed by atoms with Crippen LogP contribution in [0.1, 0.15) is 109 Å². The number of nitrogen functional groups attached to an aromatic ring is 1. The van der Waals surface area contributed by atoms with E-state index in [9.17, 15) is 19.8 Å². The van der Waals surface area contributed by atoms with Crippen LogP contribution in [-0.4, -0.2) is 133 Å². The lowest BCUT2D eigenvalue weighted by Crippen LogP contribution is -2.54. The zero-order valence-corrected chi connectivity index (χ0v) is 47.0. The molecule has 0 radical (unpaired) electrons. The largest absolute Gasteiger partial charge is 0.507 e. The summed E-state index contributed by atoms with van der Waals surface area (Å²) >= 11 is 1.60. The highest BCUT2D eigenvalue weighted by Crippen LogP contribution is 2.42. The molecule has 2 bridgehead atoms. The Morgan fingerprint density at radius 1 is 0.924 bits per heavy atom. The SMILES string of the molecule is Cc1ncsc1-c1ccc([C@H](C)NC(=O)[C@@H]2C[C@@H](O)CN2C(=O)[C@H](c2cc(OCC[C@@H]3CCN(CC4CC(Oc5cc(N6C7CC[C@@H]6CN(c6cc(-c8ccccc8O)nnc6N)C7)ccn5)C4)[C@H](C)[C@@H]3C)no2)C(C)C)cc1. The van der Waals surface area contributed by atoms with Gasteiger partial charge in [0.2, 0.25) is 17.7 Å². The number of para-hydroxylation sites is 1. The molecule has 418 valence electrons. The van der Waals surface area contributed by atoms with Crippen molar-refractivity contribution in [3.63, 3.8) is 0 Å². The number of thiazole rings is 1. The molecule has 1 aliphatic carbocycles. The number of aliphatic hydroxyl groups is 1. The molecule has 9 atom stereocenters. The van der Waals surface area contributed by atoms with Gasteiger partial charge in [0, 0.05) is 80.3 Å². The van der Waals surface area contributed by atoms with E-state index < -0.39 is 18.1 Å². The minimum Gasteiger partial charge on any atom is -0.507 e. The molecule has 4 aliphatic heterocycles. The van der Waals surface area contributed by atoms with Gasteiger partial charge in [-0.05, 0) is 130 Å². The van der Waals surface area contributed by atoms with Gasteiger partial charge in [0.05, 0.1) is 46.2 Å². The zero-order chi connectivity index (χ0) is 55.1. The molecule has 5 aliphatic rings. The maximum atomic E-state index is 14.3. The normalized spacial score (nSPS) is 25.8. The number of nitrogens with zero attached hydrogens (tertiary/aromatic N) is 9. The Balaban J connectivity index is 0.620. The number of hydrogen-bond acceptors (Lipinski definition) is 17. The number of rotatable bonds is 18. The fraction of sp³-hybridized carbons (Fsp3) is 0.517. The predicted octanol–water partition coefficient (Wildman–Crippen LogP) is 8.66. The minimum absolute atomic E-state index is 0.0605. The third kappa shape index (κ3) is 11.5. The number of aryl methyl sites for hydroxylation is 1. The molecule has 11 rings (SSSR count). The number of aromatic nitrogens is 5. The lowest BCUT2D eigenvalue weighted by Gasteiger charge is -2.46. The van der Waals surface area contributed by atoms with Crippen LogP contribution in [-0.2, 0) is 9.59 Å². The summed E-state index contributed by atoms with van der Waals surface area (Å²) in [6.07, 6.45) is 7.51. The second-order valence-corrected chi connectivity index (χ2v) is 24.1. The van der Waals surface area contributed by atoms with Crippen molar-refractivity contribution in [2.24, 2.45) is 23.7 Å². The first kappa shape index (κ1) is 54.1. The highest BCUT2D eigenvalue weighted by atomic mass is 32.1. The van der Waals surface area contributed by atoms with Crippen LogP contribution in [0.3, 0.4) is 0 Å². The van der Waals surface area contributed by atoms with Crippen LogP contribution >= 0.6 is 11.3 Å². The topological polar surface area (TPSA) is 222 Å². The number of aliphatic hydroxyl groups excluding tert-OH is 1. The average molecular weight is 1090 g/mol. The number of nitrogens with one attached hydrogen (secondary N) is 1. The van der Waals surface area contributed by atoms with E-state index in [2.05, 4.69) is 71.3 Å². The number of ether oxygens (including phenoxy) is 2. The summed E-state index contributed by atoms with van der Waals surface area (Å²) in [7, 11) is 0. The minimum atomic E-state index is -0.824. The number of carbonyl (C=O) groups is 2. The molecular formula is C60H75N11O7S. The Bertz CT molecular complexity index is 3080. The van der Waals surface area contributed by atoms with Crippen molar-refractivity contribution in [2.75, 3.05) is 54.9 Å². The molecule has 5 fully saturated rings. The van der Waals surface area contributed by atoms with Crippen molar-refractivity contribution < 1.29 is 33.8 Å². The van der Waals surface area contributed by atoms with Crippen molar-refractivity contribution in [3.8, 4) is 39.2 Å². The van der Waals surface area contributed by atoms with Crippen LogP contribution in [0.15, 0.2) is 89.0 Å². The molecule has 6 aromatic rings. The molecule has 19 heteroatoms. The molecule has 18 nitrogen and oxygen atoms in total. The van der Waals surface area contributed by atoms with Crippen molar-refractivity contribution in [1.29, 1.82) is 0 Å². The van der Waals surface area contributed by atoms with E-state index in [0.29, 0.717) is 77.1 Å². The number of β-amino-alcohol motifs (C(OH)–C–C–N with tert-alkyl or cyclic N) is 1. The molecule has 5 N–H and O–H groups in total. The smallest absolute Gasteiger partial charge is 0.254 e. The van der Waals surface area contributed by atoms with E-state index in [0.717, 1.165) is 97.8 Å². The third-order valence-electron chi connectivity index (χ3n) is 17.8. The average Bonchev–Trinajstić information content (AvgIpc) is 4.40. The number of amides is 2. The number of phenolic OH excluding ortho intramolecular Hbond substituents is 1. The van der Waals surface area contributed by atoms with Crippen molar-refractivity contribution in [2.45, 2.75) is 135 Å². The second kappa shape index (κ2) is 23.1. The van der Waals surface area contributed by atoms with E-state index in [1.807, 2.05) is 81.9 Å². The molecule has 2 amide bonds. The molecule has 0 spiro atoms. The Morgan fingerprint density at radius 3 is 2.43 bits per heavy atom. The Morgan fingerprint density at radius 2 is 1.70 bits per heavy atom. The molecular weight excluding hydrogens is 1020 g/mol. The van der Waals surface area contributed by atoms with Crippen molar-refractivity contribution >= 4 is 40.3 Å². The molecule has 8 heterocycles. The van der Waals surface area contributed by atoms with Crippen LogP contribution in [0.5, 0.6) is 17.5 Å². The van der Waals surface area contributed by atoms with Crippen LogP contribution in [0, 0.1) is 30.6 Å². The maximum absolute atomic E-state index is 14.3. The van der Waals surface area contributed by atoms with Gasteiger partial charge in [-0.3, -0.25) is 9.59 Å². The Kier molecular flexibility index (Phi) is 15.8. The number of piperazine rings is 1. The molecule has 1 unspecified atom stereocenters. The fourth-order valence-electron chi connectivity index (χ4n) is 13.1. The first-order valence-electron chi connectivity index (χ1n) is 28.4. The Labute approximate surface area is 466 Å². The van der Waals surface area contributed by atoms with Gasteiger partial charge in [-0.2, -0.15) is 0 Å². The lowest BCUT2D eigenvalue weighted by atomic mass is 9.77. The number of aromatic hydroxyl groups is 1. The summed E-state index contributed by atoms with van der Waals surface area (Å²) < 4.78 is 18.5. The standard InChI is InChI=1S/C60H75N11O7S/c1-34(2)56(60(75)70-32-46(72)26-51(70)59(74)64-36(4)41-11-13-42(14-12-41)57-37(5)63-33-79-57)53-28-55(67-78-53)76-22-19-40-18-21-68(38(6)35(40)3)29-39-23-47(24-39)77-54-25-43(17-20-62-54)71-44-15-16-45(71)31-69(30-44)50-27-49(65-66-58(50)61)48-9-7-8-10-52(48)73/h7-14,17,20,25,27-28,33-36,38-40,44-47,51,56,72-73H,15-16,18-19,21-24,26,29-32H2,1-6H3,(H2,61,66)(H,64,74)/t35-,36-,38+,39?,40-,44+,45?,46+,47?,51-,56-/m0/s1. The summed E-state index contributed by atoms with van der Waals surface area (Å²) in [6, 6.07) is 23.0. The van der Waals surface area contributed by atoms with Gasteiger partial charge < -0.3 is 54.9 Å². The van der Waals surface area contributed by atoms with Gasteiger partial charge in [0.1, 0.15) is 23.8 Å². The van der Waals surface area contributed by atoms with Crippen LogP contribution in [0.2, 0.25) is 0 Å². The van der Waals surface area contributed by atoms with Crippen molar-refractivity contribution in [3.05, 3.63) is 102 Å². The summed E-state index contributed by atoms with van der Waals surface area (Å²) in [5.41, 5.74) is 14.5. The highest BCUT2D eigenvalue weighted by Gasteiger charge is 2.45. The number of likely N-dealkylation sites (tertiary alicyclic amines) is 2. The number of benzene rings is 2. The van der Waals surface area contributed by atoms with Crippen molar-refractivity contribution in [1.82, 2.24) is 40.4 Å².